The highest BCUT2D eigenvalue weighted by Crippen LogP contribution is 2.65. The lowest BCUT2D eigenvalue weighted by molar-refractivity contribution is -0.150. The van der Waals surface area contributed by atoms with Gasteiger partial charge in [-0.2, -0.15) is 13.2 Å². The van der Waals surface area contributed by atoms with Gasteiger partial charge in [0.05, 0.1) is 37.3 Å². The fourth-order valence-electron chi connectivity index (χ4n) is 4.14. The predicted molar refractivity (Wildman–Crippen MR) is 156 cm³/mol. The van der Waals surface area contributed by atoms with Gasteiger partial charge in [0.2, 0.25) is 11.8 Å². The molecule has 0 aromatic heterocycles. The maximum Gasteiger partial charge on any atom is 0.397 e. The summed E-state index contributed by atoms with van der Waals surface area (Å²) < 4.78 is 64.8. The van der Waals surface area contributed by atoms with Crippen LogP contribution in [0.5, 0.6) is 0 Å². The second-order valence-corrected chi connectivity index (χ2v) is 12.2. The lowest BCUT2D eigenvalue weighted by atomic mass is 10.1. The third kappa shape index (κ3) is 7.41. The predicted octanol–water partition coefficient (Wildman–Crippen LogP) is 9.25. The topological polar surface area (TPSA) is 87.3 Å². The molecular formula is C26H14Cl6F5N3O3. The second kappa shape index (κ2) is 12.5. The van der Waals surface area contributed by atoms with Crippen LogP contribution in [0.1, 0.15) is 28.3 Å². The summed E-state index contributed by atoms with van der Waals surface area (Å²) in [6, 6.07) is 8.08. The average molecular weight is 724 g/mol. The number of benzene rings is 3. The summed E-state index contributed by atoms with van der Waals surface area (Å²) in [5.41, 5.74) is -1.66. The van der Waals surface area contributed by atoms with E-state index >= 15 is 0 Å². The molecule has 3 amide bonds. The Bertz CT molecular complexity index is 1630. The first-order valence-electron chi connectivity index (χ1n) is 11.7. The number of hydrogen-bond acceptors (Lipinski definition) is 3. The van der Waals surface area contributed by atoms with Crippen molar-refractivity contribution in [1.29, 1.82) is 0 Å². The van der Waals surface area contributed by atoms with Gasteiger partial charge in [0.15, 0.2) is 5.82 Å². The first-order valence-corrected chi connectivity index (χ1v) is 14.0. The molecule has 2 atom stereocenters. The highest BCUT2D eigenvalue weighted by Gasteiger charge is 2.67. The third-order valence-electron chi connectivity index (χ3n) is 6.14. The second-order valence-electron chi connectivity index (χ2n) is 9.19. The molecule has 1 aliphatic carbocycles. The van der Waals surface area contributed by atoms with Crippen molar-refractivity contribution in [2.24, 2.45) is 5.92 Å². The molecule has 43 heavy (non-hydrogen) atoms. The van der Waals surface area contributed by atoms with Crippen molar-refractivity contribution in [3.8, 4) is 0 Å². The molecule has 17 heteroatoms. The molecule has 4 rings (SSSR count). The van der Waals surface area contributed by atoms with Crippen LogP contribution in [-0.4, -0.2) is 28.2 Å². The molecule has 1 aliphatic rings. The largest absolute Gasteiger partial charge is 0.397 e. The van der Waals surface area contributed by atoms with E-state index in [0.717, 1.165) is 12.1 Å². The fraction of sp³-hybridized carbons (Fsp3) is 0.192. The molecule has 0 heterocycles. The fourth-order valence-corrected chi connectivity index (χ4v) is 5.78. The Hall–Kier alpha value is -2.54. The first-order chi connectivity index (χ1) is 19.9. The molecule has 6 nitrogen and oxygen atoms in total. The van der Waals surface area contributed by atoms with Crippen LogP contribution in [0.4, 0.5) is 39.0 Å². The number of carbonyl (C=O) groups excluding carboxylic acids is 3. The van der Waals surface area contributed by atoms with Gasteiger partial charge in [-0.3, -0.25) is 14.4 Å². The number of alkyl halides is 5. The molecule has 3 aromatic rings. The van der Waals surface area contributed by atoms with Gasteiger partial charge in [0.1, 0.15) is 22.3 Å². The Labute approximate surface area is 269 Å². The quantitative estimate of drug-likeness (QED) is 0.129. The molecule has 0 aliphatic heterocycles. The van der Waals surface area contributed by atoms with Gasteiger partial charge >= 0.3 is 6.18 Å². The van der Waals surface area contributed by atoms with Crippen molar-refractivity contribution < 1.29 is 36.3 Å². The minimum absolute atomic E-state index is 0.0567. The molecule has 0 spiro atoms. The van der Waals surface area contributed by atoms with Gasteiger partial charge in [-0.05, 0) is 48.0 Å². The van der Waals surface area contributed by atoms with Crippen molar-refractivity contribution in [3.05, 3.63) is 85.3 Å². The summed E-state index contributed by atoms with van der Waals surface area (Å²) in [6.07, 6.45) is -6.92. The van der Waals surface area contributed by atoms with Crippen molar-refractivity contribution in [2.75, 3.05) is 16.0 Å². The van der Waals surface area contributed by atoms with Crippen molar-refractivity contribution in [1.82, 2.24) is 0 Å². The number of halogens is 11. The summed E-state index contributed by atoms with van der Waals surface area (Å²) in [4.78, 5) is 37.5. The molecule has 1 saturated carbocycles. The molecule has 228 valence electrons. The van der Waals surface area contributed by atoms with Gasteiger partial charge in [0.25, 0.3) is 5.91 Å². The maximum absolute atomic E-state index is 14.9. The van der Waals surface area contributed by atoms with E-state index in [1.54, 1.807) is 0 Å². The number of amides is 3. The molecule has 3 aromatic carbocycles. The molecule has 0 radical (unpaired) electrons. The normalized spacial score (nSPS) is 17.3. The zero-order valence-corrected chi connectivity index (χ0v) is 25.3. The first kappa shape index (κ1) is 33.4. The third-order valence-corrected chi connectivity index (χ3v) is 8.61. The Morgan fingerprint density at radius 3 is 2.07 bits per heavy atom. The maximum atomic E-state index is 14.9. The summed E-state index contributed by atoms with van der Waals surface area (Å²) in [7, 11) is 0. The highest BCUT2D eigenvalue weighted by molar-refractivity contribution is 6.54. The van der Waals surface area contributed by atoms with Crippen LogP contribution < -0.4 is 16.0 Å². The van der Waals surface area contributed by atoms with Crippen LogP contribution in [0.25, 0.3) is 0 Å². The number of rotatable bonds is 7. The van der Waals surface area contributed by atoms with Gasteiger partial charge in [0, 0.05) is 11.6 Å². The Morgan fingerprint density at radius 2 is 1.47 bits per heavy atom. The minimum Gasteiger partial charge on any atom is -0.326 e. The molecule has 1 fully saturated rings. The molecule has 3 N–H and O–H groups in total. The Balaban J connectivity index is 1.51. The Kier molecular flexibility index (Phi) is 9.66. The smallest absolute Gasteiger partial charge is 0.326 e. The minimum atomic E-state index is -4.92. The SMILES string of the molecule is O=C(CC(F)(F)F)Nc1c(F)ccc(NC(=O)c2cc(NC(=O)C3[C@H](c4cc(Cl)c(Cl)c(Cl)c4)C3(Cl)Cl)ccc2Cl)c1F. The van der Waals surface area contributed by atoms with Crippen LogP contribution in [0.3, 0.4) is 0 Å². The molecular weight excluding hydrogens is 710 g/mol. The van der Waals surface area contributed by atoms with E-state index in [0.29, 0.717) is 11.6 Å². The van der Waals surface area contributed by atoms with Crippen molar-refractivity contribution in [2.45, 2.75) is 22.8 Å². The van der Waals surface area contributed by atoms with Gasteiger partial charge in [-0.1, -0.05) is 46.4 Å². The van der Waals surface area contributed by atoms with Crippen LogP contribution in [0.15, 0.2) is 42.5 Å². The lowest BCUT2D eigenvalue weighted by Crippen LogP contribution is -2.23. The highest BCUT2D eigenvalue weighted by atomic mass is 35.5. The van der Waals surface area contributed by atoms with Gasteiger partial charge < -0.3 is 16.0 Å². The van der Waals surface area contributed by atoms with Crippen LogP contribution in [-0.2, 0) is 9.59 Å². The number of anilines is 3. The van der Waals surface area contributed by atoms with E-state index in [4.69, 9.17) is 69.6 Å². The summed E-state index contributed by atoms with van der Waals surface area (Å²) in [6.45, 7) is 0. The number of nitrogens with one attached hydrogen (secondary N) is 3. The van der Waals surface area contributed by atoms with E-state index in [1.165, 1.54) is 29.6 Å². The van der Waals surface area contributed by atoms with E-state index in [9.17, 15) is 36.3 Å². The van der Waals surface area contributed by atoms with Crippen LogP contribution in [0.2, 0.25) is 20.1 Å². The zero-order valence-electron chi connectivity index (χ0n) is 20.8. The standard InChI is InChI=1S/C26H14Cl6F5N3O3/c27-12-2-1-10(38-24(43)19-18(26(19,31)32)9-5-13(28)20(30)14(29)6-9)7-11(12)23(42)39-16-4-3-15(33)22(21(16)34)40-17(41)8-25(35,36)37/h1-7,18-19H,8H2,(H,38,43)(H,39,42)(H,40,41)/t18-,19?/m0/s1. The monoisotopic (exact) mass is 721 g/mol. The van der Waals surface area contributed by atoms with Crippen LogP contribution in [0, 0.1) is 17.6 Å². The lowest BCUT2D eigenvalue weighted by Gasteiger charge is -2.14. The molecule has 0 bridgehead atoms. The van der Waals surface area contributed by atoms with Gasteiger partial charge in [-0.15, -0.1) is 23.2 Å². The number of hydrogen-bond donors (Lipinski definition) is 3. The van der Waals surface area contributed by atoms with E-state index < -0.39 is 69.5 Å². The molecule has 1 unspecified atom stereocenters. The zero-order chi connectivity index (χ0) is 32.0. The van der Waals surface area contributed by atoms with E-state index in [1.807, 2.05) is 0 Å². The van der Waals surface area contributed by atoms with Crippen LogP contribution >= 0.6 is 69.6 Å². The Morgan fingerprint density at radius 1 is 0.837 bits per heavy atom. The van der Waals surface area contributed by atoms with E-state index in [2.05, 4.69) is 10.6 Å². The summed E-state index contributed by atoms with van der Waals surface area (Å²) in [5.74, 6) is -8.04. The van der Waals surface area contributed by atoms with E-state index in [-0.39, 0.29) is 31.3 Å². The van der Waals surface area contributed by atoms with Crippen molar-refractivity contribution in [3.63, 3.8) is 0 Å². The average Bonchev–Trinajstić information content (AvgIpc) is 3.48. The van der Waals surface area contributed by atoms with Crippen molar-refractivity contribution >= 4 is 104 Å². The van der Waals surface area contributed by atoms with Gasteiger partial charge in [-0.25, -0.2) is 8.78 Å². The molecule has 0 saturated heterocycles. The number of carbonyl (C=O) groups is 3. The summed E-state index contributed by atoms with van der Waals surface area (Å²) >= 11 is 37.0. The summed E-state index contributed by atoms with van der Waals surface area (Å²) in [5, 5.41) is 6.37.